The quantitative estimate of drug-likeness (QED) is 0.0733. The summed E-state index contributed by atoms with van der Waals surface area (Å²) in [6, 6.07) is 16.7. The van der Waals surface area contributed by atoms with Gasteiger partial charge in [-0.25, -0.2) is 22.8 Å². The van der Waals surface area contributed by atoms with Crippen LogP contribution < -0.4 is 10.0 Å². The van der Waals surface area contributed by atoms with E-state index in [9.17, 15) is 44.3 Å². The van der Waals surface area contributed by atoms with E-state index in [4.69, 9.17) is 11.6 Å². The highest BCUT2D eigenvalue weighted by Crippen LogP contribution is 2.45. The summed E-state index contributed by atoms with van der Waals surface area (Å²) in [5.74, 6) is -2.42. The number of allylic oxidation sites excluding steroid dienone is 1. The topological polar surface area (TPSA) is 117 Å². The van der Waals surface area contributed by atoms with Crippen LogP contribution in [0.4, 0.5) is 42.2 Å². The van der Waals surface area contributed by atoms with Gasteiger partial charge in [-0.3, -0.25) is 14.5 Å². The summed E-state index contributed by atoms with van der Waals surface area (Å²) >= 11 is 6.88. The van der Waals surface area contributed by atoms with Crippen molar-refractivity contribution in [2.45, 2.75) is 103 Å². The van der Waals surface area contributed by atoms with E-state index in [2.05, 4.69) is 48.6 Å². The van der Waals surface area contributed by atoms with Crippen LogP contribution in [-0.2, 0) is 29.2 Å². The van der Waals surface area contributed by atoms with E-state index < -0.39 is 72.5 Å². The number of sulfonamides is 1. The van der Waals surface area contributed by atoms with Gasteiger partial charge in [-0.1, -0.05) is 55.3 Å². The first-order chi connectivity index (χ1) is 33.9. The Kier molecular flexibility index (Phi) is 16.9. The molecule has 4 heterocycles. The SMILES string of the molecule is CN1CCN(CC[C@H](CSc2ccccc2F)Nc2ccc(S(=O)(=O)Nc3nc(C(F)(F)F)nc4c3CCN(C3(O)CCN(CC5=C(c6ccc(Cl)cc6)CC(C)(C)CC5)CC3)C4)cc2SC(F)(F)F)CC1. The number of piperazine rings is 1. The Labute approximate surface area is 430 Å². The molecule has 2 saturated heterocycles. The number of likely N-dealkylation sites (tertiary alicyclic amines) is 1. The van der Waals surface area contributed by atoms with Crippen LogP contribution in [0.1, 0.15) is 75.0 Å². The number of nitrogens with one attached hydrogen (secondary N) is 2. The number of aromatic nitrogens is 2. The van der Waals surface area contributed by atoms with Gasteiger partial charge in [-0.2, -0.15) is 26.3 Å². The van der Waals surface area contributed by atoms with Crippen molar-refractivity contribution < 1.29 is 44.3 Å². The smallest absolute Gasteiger partial charge is 0.381 e. The van der Waals surface area contributed by atoms with Crippen molar-refractivity contribution in [3.05, 3.63) is 106 Å². The molecule has 8 rings (SSSR count). The molecule has 4 aliphatic rings. The molecule has 72 heavy (non-hydrogen) atoms. The number of hydrogen-bond donors (Lipinski definition) is 3. The minimum Gasteiger partial charge on any atom is -0.381 e. The monoisotopic (exact) mass is 1080 g/mol. The van der Waals surface area contributed by atoms with Gasteiger partial charge < -0.3 is 20.2 Å². The predicted molar refractivity (Wildman–Crippen MR) is 270 cm³/mol. The van der Waals surface area contributed by atoms with Gasteiger partial charge in [0.25, 0.3) is 10.0 Å². The Bertz CT molecular complexity index is 2700. The average Bonchev–Trinajstić information content (AvgIpc) is 3.31. The number of hydrogen-bond acceptors (Lipinski definition) is 12. The van der Waals surface area contributed by atoms with Crippen LogP contribution in [-0.4, -0.2) is 132 Å². The van der Waals surface area contributed by atoms with E-state index in [0.717, 1.165) is 63.1 Å². The normalized spacial score (nSPS) is 20.1. The van der Waals surface area contributed by atoms with Crippen LogP contribution in [0.25, 0.3) is 5.57 Å². The molecule has 3 aliphatic heterocycles. The minimum absolute atomic E-state index is 0.0192. The summed E-state index contributed by atoms with van der Waals surface area (Å²) in [7, 11) is -2.84. The predicted octanol–water partition coefficient (Wildman–Crippen LogP) is 10.7. The molecule has 0 amide bonds. The van der Waals surface area contributed by atoms with Gasteiger partial charge in [0.2, 0.25) is 5.82 Å². The summed E-state index contributed by atoms with van der Waals surface area (Å²) in [5.41, 5.74) is -2.41. The molecule has 2 fully saturated rings. The second kappa shape index (κ2) is 22.3. The van der Waals surface area contributed by atoms with Crippen molar-refractivity contribution >= 4 is 62.2 Å². The van der Waals surface area contributed by atoms with Gasteiger partial charge in [0.15, 0.2) is 0 Å². The fourth-order valence-electron chi connectivity index (χ4n) is 9.88. The Morgan fingerprint density at radius 1 is 0.861 bits per heavy atom. The van der Waals surface area contributed by atoms with Gasteiger partial charge in [-0.15, -0.1) is 11.8 Å². The first kappa shape index (κ1) is 54.6. The third-order valence-electron chi connectivity index (χ3n) is 14.1. The van der Waals surface area contributed by atoms with Gasteiger partial charge in [0, 0.05) is 116 Å². The summed E-state index contributed by atoms with van der Waals surface area (Å²) in [4.78, 5) is 15.1. The van der Waals surface area contributed by atoms with E-state index in [0.29, 0.717) is 55.4 Å². The van der Waals surface area contributed by atoms with E-state index in [-0.39, 0.29) is 47.6 Å². The van der Waals surface area contributed by atoms with Crippen molar-refractivity contribution in [1.82, 2.24) is 29.6 Å². The molecule has 1 aromatic heterocycles. The number of thioether (sulfide) groups is 2. The highest BCUT2D eigenvalue weighted by molar-refractivity contribution is 8.00. The number of alkyl halides is 6. The fraction of sp³-hybridized carbons (Fsp3) is 0.520. The number of halogens is 8. The number of rotatable bonds is 16. The highest BCUT2D eigenvalue weighted by Gasteiger charge is 2.43. The standard InChI is InChI=1S/C50H60ClF7N8O3S3/c1-47(2)17-14-34(39(29-47)33-8-10-35(51)11-9-33)30-65-22-18-48(67,19-23-65)66-21-16-38-42(31-66)60-46(49(53,54)55)61-45(38)62-72(68,69)37-12-13-41(44(28-37)71-50(56,57)58)59-36(15-20-64-26-24-63(3)25-27-64)32-70-43-7-5-4-6-40(43)52/h4-13,28,36,59,67H,14-27,29-32H2,1-3H3,(H,60,61,62)/t36-/m1/s1. The first-order valence-electron chi connectivity index (χ1n) is 24.0. The Morgan fingerprint density at radius 2 is 1.57 bits per heavy atom. The number of aliphatic hydroxyl groups is 1. The van der Waals surface area contributed by atoms with Crippen LogP contribution >= 0.6 is 35.1 Å². The summed E-state index contributed by atoms with van der Waals surface area (Å²) in [6.45, 7) is 10.1. The van der Waals surface area contributed by atoms with Crippen LogP contribution in [0.2, 0.25) is 5.02 Å². The molecule has 0 spiro atoms. The molecular formula is C50H60ClF7N8O3S3. The second-order valence-electron chi connectivity index (χ2n) is 20.0. The molecule has 0 saturated carbocycles. The maximum Gasteiger partial charge on any atom is 0.451 e. The van der Waals surface area contributed by atoms with Crippen LogP contribution in [0, 0.1) is 11.2 Å². The Morgan fingerprint density at radius 3 is 2.25 bits per heavy atom. The van der Waals surface area contributed by atoms with Gasteiger partial charge in [0.05, 0.1) is 10.6 Å². The zero-order valence-corrected chi connectivity index (χ0v) is 43.6. The summed E-state index contributed by atoms with van der Waals surface area (Å²) in [6.07, 6.45) is -1.17. The Balaban J connectivity index is 0.994. The van der Waals surface area contributed by atoms with Crippen molar-refractivity contribution in [3.8, 4) is 0 Å². The minimum atomic E-state index is -5.09. The fourth-order valence-corrected chi connectivity index (χ4v) is 12.8. The highest BCUT2D eigenvalue weighted by atomic mass is 35.5. The maximum atomic E-state index is 14.6. The number of benzene rings is 3. The lowest BCUT2D eigenvalue weighted by Crippen LogP contribution is -2.57. The number of nitrogens with zero attached hydrogens (tertiary/aromatic N) is 6. The second-order valence-corrected chi connectivity index (χ2v) is 24.3. The maximum absolute atomic E-state index is 14.6. The molecule has 1 aliphatic carbocycles. The van der Waals surface area contributed by atoms with Crippen molar-refractivity contribution in [3.63, 3.8) is 0 Å². The van der Waals surface area contributed by atoms with Gasteiger partial charge in [-0.05, 0) is 110 Å². The van der Waals surface area contributed by atoms with Crippen LogP contribution in [0.15, 0.2) is 87.0 Å². The van der Waals surface area contributed by atoms with Crippen molar-refractivity contribution in [1.29, 1.82) is 0 Å². The molecule has 3 N–H and O–H groups in total. The van der Waals surface area contributed by atoms with E-state index in [1.165, 1.54) is 35.0 Å². The molecule has 11 nitrogen and oxygen atoms in total. The Hall–Kier alpha value is -3.67. The largest absolute Gasteiger partial charge is 0.451 e. The zero-order valence-electron chi connectivity index (χ0n) is 40.4. The average molecular weight is 1090 g/mol. The molecule has 1 atom stereocenters. The molecule has 0 unspecified atom stereocenters. The van der Waals surface area contributed by atoms with E-state index in [1.54, 1.807) is 23.1 Å². The van der Waals surface area contributed by atoms with Gasteiger partial charge >= 0.3 is 11.7 Å². The molecular weight excluding hydrogens is 1030 g/mol. The number of piperidine rings is 1. The molecule has 392 valence electrons. The van der Waals surface area contributed by atoms with Gasteiger partial charge in [0.1, 0.15) is 17.4 Å². The third-order valence-corrected chi connectivity index (χ3v) is 17.7. The number of anilines is 2. The molecule has 22 heteroatoms. The summed E-state index contributed by atoms with van der Waals surface area (Å²) < 4.78 is 131. The molecule has 0 radical (unpaired) electrons. The van der Waals surface area contributed by atoms with Crippen LogP contribution in [0.5, 0.6) is 0 Å². The lowest BCUT2D eigenvalue weighted by Gasteiger charge is -2.47. The number of likely N-dealkylation sites (N-methyl/N-ethyl adjacent to an activating group) is 1. The molecule has 3 aromatic carbocycles. The van der Waals surface area contributed by atoms with E-state index >= 15 is 0 Å². The lowest BCUT2D eigenvalue weighted by atomic mass is 9.72. The molecule has 4 aromatic rings. The first-order valence-corrected chi connectivity index (χ1v) is 27.7. The number of fused-ring (bicyclic) bond motifs is 1. The van der Waals surface area contributed by atoms with Crippen molar-refractivity contribution in [2.24, 2.45) is 5.41 Å². The van der Waals surface area contributed by atoms with Crippen molar-refractivity contribution in [2.75, 3.05) is 81.7 Å². The third kappa shape index (κ3) is 14.0. The lowest BCUT2D eigenvalue weighted by molar-refractivity contribution is -0.150. The molecule has 0 bridgehead atoms. The summed E-state index contributed by atoms with van der Waals surface area (Å²) in [5, 5.41) is 15.9. The van der Waals surface area contributed by atoms with E-state index in [1.807, 2.05) is 31.3 Å². The van der Waals surface area contributed by atoms with Crippen LogP contribution in [0.3, 0.4) is 0 Å². The zero-order chi connectivity index (χ0) is 51.6.